The molecule has 7 aliphatic rings. The Morgan fingerprint density at radius 3 is 2.55 bits per heavy atom. The first-order valence-corrected chi connectivity index (χ1v) is 13.9. The highest BCUT2D eigenvalue weighted by Crippen LogP contribution is 2.60. The number of amides is 3. The van der Waals surface area contributed by atoms with Crippen molar-refractivity contribution in [3.63, 3.8) is 0 Å². The first-order chi connectivity index (χ1) is 18.4. The van der Waals surface area contributed by atoms with Gasteiger partial charge >= 0.3 is 0 Å². The highest BCUT2D eigenvalue weighted by atomic mass is 16.2. The van der Waals surface area contributed by atoms with Crippen LogP contribution in [0.15, 0.2) is 36.5 Å². The molecule has 5 aliphatic heterocycles. The third kappa shape index (κ3) is 3.25. The van der Waals surface area contributed by atoms with Crippen LogP contribution in [0.25, 0.3) is 22.3 Å². The van der Waals surface area contributed by atoms with Gasteiger partial charge in [0, 0.05) is 62.4 Å². The number of fused-ring (bicyclic) bond motifs is 2. The van der Waals surface area contributed by atoms with Gasteiger partial charge in [0.1, 0.15) is 11.7 Å². The number of aromatic nitrogens is 2. The molecule has 2 saturated carbocycles. The number of nitrogens with one attached hydrogen (secondary N) is 1. The lowest BCUT2D eigenvalue weighted by atomic mass is 9.49. The van der Waals surface area contributed by atoms with Crippen molar-refractivity contribution >= 4 is 28.8 Å². The Morgan fingerprint density at radius 2 is 1.82 bits per heavy atom. The van der Waals surface area contributed by atoms with E-state index >= 15 is 0 Å². The van der Waals surface area contributed by atoms with Crippen molar-refractivity contribution in [3.8, 4) is 11.3 Å². The van der Waals surface area contributed by atoms with Gasteiger partial charge in [-0.1, -0.05) is 6.07 Å². The molecule has 7 heterocycles. The van der Waals surface area contributed by atoms with Crippen molar-refractivity contribution in [3.05, 3.63) is 53.2 Å². The molecule has 3 aromatic rings. The number of benzene rings is 1. The molecule has 1 aromatic carbocycles. The first kappa shape index (κ1) is 22.5. The summed E-state index contributed by atoms with van der Waals surface area (Å²) in [6, 6.07) is 9.70. The van der Waals surface area contributed by atoms with E-state index < -0.39 is 6.04 Å². The zero-order valence-electron chi connectivity index (χ0n) is 21.5. The number of carbonyl (C=O) groups excluding carboxylic acids is 3. The van der Waals surface area contributed by atoms with Crippen molar-refractivity contribution in [1.29, 1.82) is 0 Å². The summed E-state index contributed by atoms with van der Waals surface area (Å²) in [6.07, 6.45) is 5.56. The number of imide groups is 1. The largest absolute Gasteiger partial charge is 0.336 e. The molecule has 194 valence electrons. The van der Waals surface area contributed by atoms with E-state index in [1.165, 1.54) is 36.9 Å². The van der Waals surface area contributed by atoms with Crippen LogP contribution in [-0.4, -0.2) is 56.2 Å². The quantitative estimate of drug-likeness (QED) is 0.546. The van der Waals surface area contributed by atoms with Crippen molar-refractivity contribution < 1.29 is 14.4 Å². The van der Waals surface area contributed by atoms with Crippen molar-refractivity contribution in [1.82, 2.24) is 24.7 Å². The maximum absolute atomic E-state index is 13.2. The normalized spacial score (nSPS) is 30.1. The number of carbonyl (C=O) groups is 3. The van der Waals surface area contributed by atoms with E-state index in [9.17, 15) is 14.4 Å². The Bertz CT molecular complexity index is 1520. The summed E-state index contributed by atoms with van der Waals surface area (Å²) in [4.78, 5) is 46.5. The van der Waals surface area contributed by atoms with E-state index in [2.05, 4.69) is 39.2 Å². The van der Waals surface area contributed by atoms with E-state index in [1.807, 2.05) is 19.2 Å². The third-order valence-electron chi connectivity index (χ3n) is 10.0. The van der Waals surface area contributed by atoms with E-state index in [0.717, 1.165) is 52.7 Å². The lowest BCUT2D eigenvalue weighted by Crippen LogP contribution is -2.52. The van der Waals surface area contributed by atoms with Gasteiger partial charge in [0.05, 0.1) is 5.69 Å². The fourth-order valence-corrected chi connectivity index (χ4v) is 7.93. The minimum atomic E-state index is -0.605. The molecule has 8 nitrogen and oxygen atoms in total. The van der Waals surface area contributed by atoms with Gasteiger partial charge in [0.15, 0.2) is 0 Å². The van der Waals surface area contributed by atoms with Crippen LogP contribution in [0.4, 0.5) is 0 Å². The van der Waals surface area contributed by atoms with Gasteiger partial charge in [0.2, 0.25) is 11.8 Å². The zero-order chi connectivity index (χ0) is 25.7. The molecule has 3 amide bonds. The Morgan fingerprint density at radius 1 is 1.03 bits per heavy atom. The summed E-state index contributed by atoms with van der Waals surface area (Å²) in [5.74, 6) is 2.94. The predicted molar refractivity (Wildman–Crippen MR) is 141 cm³/mol. The van der Waals surface area contributed by atoms with Gasteiger partial charge in [-0.25, -0.2) is 4.98 Å². The SMILES string of the molecule is Cn1ccc2c(CN3CC4C[C@H]5C(CC45)C3)cc(-c3ccc4c(c3)CN(C3CCC(=O)NC3=O)C4=O)nc21. The summed E-state index contributed by atoms with van der Waals surface area (Å²) in [5, 5.41) is 3.59. The maximum Gasteiger partial charge on any atom is 0.255 e. The fourth-order valence-electron chi connectivity index (χ4n) is 7.93. The second-order valence-electron chi connectivity index (χ2n) is 12.1. The van der Waals surface area contributed by atoms with Crippen LogP contribution < -0.4 is 5.32 Å². The van der Waals surface area contributed by atoms with Gasteiger partial charge < -0.3 is 9.47 Å². The molecule has 2 aromatic heterocycles. The van der Waals surface area contributed by atoms with Crippen molar-refractivity contribution in [2.45, 2.75) is 44.8 Å². The number of aryl methyl sites for hydroxylation is 1. The van der Waals surface area contributed by atoms with Crippen LogP contribution in [-0.2, 0) is 29.7 Å². The van der Waals surface area contributed by atoms with Crippen LogP contribution in [0, 0.1) is 23.7 Å². The number of piperidine rings is 1. The molecule has 6 fully saturated rings. The van der Waals surface area contributed by atoms with Crippen molar-refractivity contribution in [2.24, 2.45) is 30.7 Å². The second-order valence-corrected chi connectivity index (χ2v) is 12.1. The van der Waals surface area contributed by atoms with E-state index in [1.54, 1.807) is 4.90 Å². The van der Waals surface area contributed by atoms with Crippen LogP contribution in [0.2, 0.25) is 0 Å². The summed E-state index contributed by atoms with van der Waals surface area (Å²) in [7, 11) is 2.04. The molecule has 8 heteroatoms. The summed E-state index contributed by atoms with van der Waals surface area (Å²) >= 11 is 0. The van der Waals surface area contributed by atoms with Crippen LogP contribution >= 0.6 is 0 Å². The first-order valence-electron chi connectivity index (χ1n) is 13.9. The monoisotopic (exact) mass is 509 g/mol. The molecule has 5 atom stereocenters. The van der Waals surface area contributed by atoms with Gasteiger partial charge in [-0.3, -0.25) is 24.6 Å². The molecule has 4 bridgehead atoms. The molecule has 10 rings (SSSR count). The van der Waals surface area contributed by atoms with Crippen LogP contribution in [0.3, 0.4) is 0 Å². The molecule has 38 heavy (non-hydrogen) atoms. The maximum atomic E-state index is 13.2. The Hall–Kier alpha value is -3.52. The van der Waals surface area contributed by atoms with Gasteiger partial charge in [-0.2, -0.15) is 0 Å². The molecule has 4 saturated heterocycles. The van der Waals surface area contributed by atoms with E-state index in [0.29, 0.717) is 18.5 Å². The Labute approximate surface area is 221 Å². The minimum absolute atomic E-state index is 0.148. The Balaban J connectivity index is 1.11. The summed E-state index contributed by atoms with van der Waals surface area (Å²) in [5.41, 5.74) is 5.70. The lowest BCUT2D eigenvalue weighted by molar-refractivity contribution is -0.136. The number of hydrogen-bond donors (Lipinski definition) is 1. The zero-order valence-corrected chi connectivity index (χ0v) is 21.5. The minimum Gasteiger partial charge on any atom is -0.336 e. The van der Waals surface area contributed by atoms with Gasteiger partial charge in [0.25, 0.3) is 5.91 Å². The highest BCUT2D eigenvalue weighted by molar-refractivity contribution is 6.05. The van der Waals surface area contributed by atoms with Crippen LogP contribution in [0.1, 0.15) is 47.2 Å². The second kappa shape index (κ2) is 7.99. The molecule has 4 unspecified atom stereocenters. The highest BCUT2D eigenvalue weighted by Gasteiger charge is 2.56. The fraction of sp³-hybridized carbons (Fsp3) is 0.467. The predicted octanol–water partition coefficient (Wildman–Crippen LogP) is 3.09. The molecular formula is C30H31N5O3. The topological polar surface area (TPSA) is 87.5 Å². The van der Waals surface area contributed by atoms with Crippen LogP contribution in [0.5, 0.6) is 0 Å². The Kier molecular flexibility index (Phi) is 4.72. The summed E-state index contributed by atoms with van der Waals surface area (Å²) in [6.45, 7) is 3.73. The molecule has 0 spiro atoms. The molecular weight excluding hydrogens is 478 g/mol. The molecule has 1 N–H and O–H groups in total. The lowest BCUT2D eigenvalue weighted by Gasteiger charge is -2.55. The number of pyridine rings is 1. The third-order valence-corrected chi connectivity index (χ3v) is 10.0. The number of rotatable bonds is 4. The smallest absolute Gasteiger partial charge is 0.255 e. The van der Waals surface area contributed by atoms with E-state index in [4.69, 9.17) is 4.98 Å². The van der Waals surface area contributed by atoms with Gasteiger partial charge in [-0.05, 0) is 78.3 Å². The van der Waals surface area contributed by atoms with E-state index in [-0.39, 0.29) is 24.1 Å². The number of hydrogen-bond acceptors (Lipinski definition) is 5. The standard InChI is InChI=1S/C30H31N5O3/c1-33-7-6-21-20(14-34-12-18-9-23-19(13-34)10-24(18)23)11-25(31-28(21)33)16-2-3-22-17(8-16)15-35(30(22)38)26-4-5-27(36)32-29(26)37/h2-3,6-8,11,18-19,23-24,26H,4-5,9-10,12-15H2,1H3,(H,32,36,37)/t18?,19?,23-,24?,26?/m0/s1. The van der Waals surface area contributed by atoms with Gasteiger partial charge in [-0.15, -0.1) is 0 Å². The number of nitrogens with zero attached hydrogens (tertiary/aromatic N) is 4. The summed E-state index contributed by atoms with van der Waals surface area (Å²) < 4.78 is 2.08. The van der Waals surface area contributed by atoms with Crippen molar-refractivity contribution in [2.75, 3.05) is 13.1 Å². The molecule has 2 aliphatic carbocycles. The molecule has 0 radical (unpaired) electrons. The average molecular weight is 510 g/mol. The average Bonchev–Trinajstić information content (AvgIpc) is 3.24.